The fourth-order valence-electron chi connectivity index (χ4n) is 6.11. The fourth-order valence-corrected chi connectivity index (χ4v) is 6.11. The van der Waals surface area contributed by atoms with Crippen molar-refractivity contribution in [2.45, 2.75) is 92.0 Å². The van der Waals surface area contributed by atoms with E-state index in [1.165, 1.54) is 32.4 Å². The van der Waals surface area contributed by atoms with Gasteiger partial charge in [-0.3, -0.25) is 9.59 Å². The van der Waals surface area contributed by atoms with Gasteiger partial charge in [-0.2, -0.15) is 0 Å². The van der Waals surface area contributed by atoms with Gasteiger partial charge in [0.2, 0.25) is 11.9 Å². The number of likely N-dealkylation sites (tertiary alicyclic amines) is 1. The Morgan fingerprint density at radius 2 is 1.56 bits per heavy atom. The molecular formula is C37H56N6O2. The third kappa shape index (κ3) is 9.09. The van der Waals surface area contributed by atoms with Crippen molar-refractivity contribution in [3.63, 3.8) is 0 Å². The first-order valence-electron chi connectivity index (χ1n) is 17.1. The summed E-state index contributed by atoms with van der Waals surface area (Å²) in [6.45, 7) is 18.8. The van der Waals surface area contributed by atoms with E-state index < -0.39 is 5.41 Å². The summed E-state index contributed by atoms with van der Waals surface area (Å²) >= 11 is 0. The third-order valence-corrected chi connectivity index (χ3v) is 9.18. The zero-order valence-corrected chi connectivity index (χ0v) is 28.8. The molecule has 0 atom stereocenters. The van der Waals surface area contributed by atoms with Crippen LogP contribution in [-0.2, 0) is 16.8 Å². The molecule has 1 aromatic heterocycles. The lowest BCUT2D eigenvalue weighted by molar-refractivity contribution is -0.136. The lowest BCUT2D eigenvalue weighted by atomic mass is 9.82. The van der Waals surface area contributed by atoms with Gasteiger partial charge >= 0.3 is 0 Å². The summed E-state index contributed by atoms with van der Waals surface area (Å²) in [5, 5.41) is 6.20. The number of aromatic nitrogens is 2. The molecular weight excluding hydrogens is 560 g/mol. The second kappa shape index (κ2) is 15.7. The van der Waals surface area contributed by atoms with Gasteiger partial charge < -0.3 is 25.0 Å². The number of benzene rings is 2. The van der Waals surface area contributed by atoms with Crippen LogP contribution in [0.25, 0.3) is 11.0 Å². The van der Waals surface area contributed by atoms with Crippen molar-refractivity contribution < 1.29 is 9.59 Å². The topological polar surface area (TPSA) is 82.5 Å². The maximum absolute atomic E-state index is 14.2. The molecule has 3 aromatic rings. The van der Waals surface area contributed by atoms with E-state index in [1.807, 2.05) is 24.3 Å². The average Bonchev–Trinajstić information content (AvgIpc) is 3.37. The highest BCUT2D eigenvalue weighted by molar-refractivity contribution is 5.94. The monoisotopic (exact) mass is 616 g/mol. The summed E-state index contributed by atoms with van der Waals surface area (Å²) in [5.74, 6) is 1.94. The number of anilines is 2. The smallest absolute Gasteiger partial charge is 0.251 e. The van der Waals surface area contributed by atoms with Crippen LogP contribution in [0.15, 0.2) is 42.5 Å². The molecule has 2 amide bonds. The molecule has 8 nitrogen and oxygen atoms in total. The first kappa shape index (κ1) is 34.5. The summed E-state index contributed by atoms with van der Waals surface area (Å²) in [6.07, 6.45) is 6.92. The van der Waals surface area contributed by atoms with Crippen molar-refractivity contribution in [3.05, 3.63) is 53.6 Å². The average molecular weight is 617 g/mol. The maximum Gasteiger partial charge on any atom is 0.251 e. The zero-order valence-electron chi connectivity index (χ0n) is 28.8. The molecule has 1 fully saturated rings. The number of carbonyl (C=O) groups excluding carboxylic acids is 2. The number of hydrogen-bond donors (Lipinski definition) is 2. The Balaban J connectivity index is 1.64. The van der Waals surface area contributed by atoms with Gasteiger partial charge in [-0.1, -0.05) is 40.2 Å². The minimum atomic E-state index is -0.672. The molecule has 246 valence electrons. The van der Waals surface area contributed by atoms with Crippen molar-refractivity contribution >= 4 is 34.5 Å². The summed E-state index contributed by atoms with van der Waals surface area (Å²) in [4.78, 5) is 35.9. The molecule has 2 heterocycles. The number of amides is 2. The molecule has 0 bridgehead atoms. The molecule has 8 heteroatoms. The van der Waals surface area contributed by atoms with Crippen LogP contribution in [0, 0.1) is 11.8 Å². The lowest BCUT2D eigenvalue weighted by Gasteiger charge is -2.33. The molecule has 1 aliphatic rings. The summed E-state index contributed by atoms with van der Waals surface area (Å²) in [7, 11) is 1.64. The Hall–Kier alpha value is -3.39. The quantitative estimate of drug-likeness (QED) is 0.189. The molecule has 0 aliphatic carbocycles. The maximum atomic E-state index is 14.2. The molecule has 45 heavy (non-hydrogen) atoms. The molecule has 0 spiro atoms. The third-order valence-electron chi connectivity index (χ3n) is 9.18. The van der Waals surface area contributed by atoms with Crippen molar-refractivity contribution in [3.8, 4) is 0 Å². The van der Waals surface area contributed by atoms with Crippen molar-refractivity contribution in [2.24, 2.45) is 11.8 Å². The van der Waals surface area contributed by atoms with Gasteiger partial charge in [-0.25, -0.2) is 4.98 Å². The van der Waals surface area contributed by atoms with Crippen LogP contribution < -0.4 is 10.6 Å². The summed E-state index contributed by atoms with van der Waals surface area (Å²) in [5.41, 5.74) is 3.77. The van der Waals surface area contributed by atoms with Crippen LogP contribution in [0.4, 0.5) is 11.6 Å². The van der Waals surface area contributed by atoms with E-state index in [9.17, 15) is 9.59 Å². The van der Waals surface area contributed by atoms with Crippen molar-refractivity contribution in [1.82, 2.24) is 24.7 Å². The van der Waals surface area contributed by atoms with E-state index in [0.29, 0.717) is 17.4 Å². The van der Waals surface area contributed by atoms with Gasteiger partial charge in [0, 0.05) is 37.9 Å². The molecule has 4 rings (SSSR count). The van der Waals surface area contributed by atoms with E-state index in [2.05, 4.69) is 84.7 Å². The number of rotatable bonds is 15. The second-order valence-corrected chi connectivity index (χ2v) is 14.1. The normalized spacial score (nSPS) is 14.3. The summed E-state index contributed by atoms with van der Waals surface area (Å²) < 4.78 is 2.27. The standard InChI is InChI=1S/C37H56N6O2/c1-27(2)18-24-42(25-19-28(3)4)35(45)37(5,6)30-14-17-32-33(26-30)43(23-11-22-41-20-9-8-10-21-41)36(40-32)39-31-15-12-29(13-16-31)34(44)38-7/h12-17,26-28H,8-11,18-25H2,1-7H3,(H,38,44)(H,39,40). The number of fused-ring (bicyclic) bond motifs is 1. The largest absolute Gasteiger partial charge is 0.355 e. The van der Waals surface area contributed by atoms with Crippen LogP contribution in [0.1, 0.15) is 96.0 Å². The van der Waals surface area contributed by atoms with E-state index in [0.717, 1.165) is 73.7 Å². The van der Waals surface area contributed by atoms with E-state index in [1.54, 1.807) is 7.05 Å². The molecule has 1 saturated heterocycles. The second-order valence-electron chi connectivity index (χ2n) is 14.1. The first-order chi connectivity index (χ1) is 21.5. The Kier molecular flexibility index (Phi) is 12.1. The van der Waals surface area contributed by atoms with Gasteiger partial charge in [0.15, 0.2) is 0 Å². The Morgan fingerprint density at radius 1 is 0.911 bits per heavy atom. The number of hydrogen-bond acceptors (Lipinski definition) is 5. The summed E-state index contributed by atoms with van der Waals surface area (Å²) in [6, 6.07) is 13.8. The minimum Gasteiger partial charge on any atom is -0.355 e. The first-order valence-corrected chi connectivity index (χ1v) is 17.1. The van der Waals surface area contributed by atoms with Crippen LogP contribution in [-0.4, -0.2) is 70.9 Å². The van der Waals surface area contributed by atoms with E-state index in [4.69, 9.17) is 4.98 Å². The molecule has 0 saturated carbocycles. The van der Waals surface area contributed by atoms with Crippen molar-refractivity contribution in [1.29, 1.82) is 0 Å². The predicted octanol–water partition coefficient (Wildman–Crippen LogP) is 7.21. The Bertz CT molecular complexity index is 1390. The van der Waals surface area contributed by atoms with E-state index >= 15 is 0 Å². The molecule has 1 aliphatic heterocycles. The van der Waals surface area contributed by atoms with Crippen LogP contribution >= 0.6 is 0 Å². The van der Waals surface area contributed by atoms with Crippen molar-refractivity contribution in [2.75, 3.05) is 45.1 Å². The zero-order chi connectivity index (χ0) is 32.6. The highest BCUT2D eigenvalue weighted by Gasteiger charge is 2.34. The van der Waals surface area contributed by atoms with E-state index in [-0.39, 0.29) is 11.8 Å². The van der Waals surface area contributed by atoms with Gasteiger partial charge in [0.1, 0.15) is 0 Å². The van der Waals surface area contributed by atoms with Gasteiger partial charge in [0.05, 0.1) is 16.4 Å². The number of imidazole rings is 1. The SMILES string of the molecule is CNC(=O)c1ccc(Nc2nc3ccc(C(C)(C)C(=O)N(CCC(C)C)CCC(C)C)cc3n2CCCN2CCCCC2)cc1. The van der Waals surface area contributed by atoms with Gasteiger partial charge in [0.25, 0.3) is 5.91 Å². The Labute approximate surface area is 271 Å². The van der Waals surface area contributed by atoms with Gasteiger partial charge in [-0.15, -0.1) is 0 Å². The number of carbonyl (C=O) groups is 2. The Morgan fingerprint density at radius 3 is 2.16 bits per heavy atom. The van der Waals surface area contributed by atoms with Crippen LogP contribution in [0.3, 0.4) is 0 Å². The highest BCUT2D eigenvalue weighted by Crippen LogP contribution is 2.32. The predicted molar refractivity (Wildman–Crippen MR) is 186 cm³/mol. The van der Waals surface area contributed by atoms with Crippen LogP contribution in [0.2, 0.25) is 0 Å². The molecule has 2 N–H and O–H groups in total. The number of aryl methyl sites for hydroxylation is 1. The number of nitrogens with zero attached hydrogens (tertiary/aromatic N) is 4. The van der Waals surface area contributed by atoms with Crippen LogP contribution in [0.5, 0.6) is 0 Å². The molecule has 0 radical (unpaired) electrons. The van der Waals surface area contributed by atoms with Gasteiger partial charge in [-0.05, 0) is 119 Å². The molecule has 0 unspecified atom stereocenters. The number of nitrogens with one attached hydrogen (secondary N) is 2. The molecule has 2 aromatic carbocycles. The highest BCUT2D eigenvalue weighted by atomic mass is 16.2. The lowest BCUT2D eigenvalue weighted by Crippen LogP contribution is -2.45. The number of piperidine rings is 1. The fraction of sp³-hybridized carbons (Fsp3) is 0.595. The minimum absolute atomic E-state index is 0.108.